The van der Waals surface area contributed by atoms with Gasteiger partial charge in [0.15, 0.2) is 0 Å². The molecule has 0 aliphatic heterocycles. The highest BCUT2D eigenvalue weighted by molar-refractivity contribution is 5.74. The van der Waals surface area contributed by atoms with Crippen molar-refractivity contribution in [2.45, 2.75) is 19.8 Å². The third-order valence-corrected chi connectivity index (χ3v) is 1.74. The summed E-state index contributed by atoms with van der Waals surface area (Å²) >= 11 is 0. The van der Waals surface area contributed by atoms with Crippen molar-refractivity contribution in [3.63, 3.8) is 0 Å². The van der Waals surface area contributed by atoms with E-state index in [1.807, 2.05) is 0 Å². The van der Waals surface area contributed by atoms with E-state index < -0.39 is 5.97 Å². The number of rotatable bonds is 5. The van der Waals surface area contributed by atoms with Crippen molar-refractivity contribution in [3.05, 3.63) is 0 Å². The minimum Gasteiger partial charge on any atom is -0.481 e. The molecular weight excluding hydrogens is 196 g/mol. The summed E-state index contributed by atoms with van der Waals surface area (Å²) in [5.74, 6) is 4.52. The molecule has 84 valence electrons. The third kappa shape index (κ3) is 7.38. The number of amides is 2. The van der Waals surface area contributed by atoms with E-state index in [0.717, 1.165) is 0 Å². The van der Waals surface area contributed by atoms with Crippen LogP contribution in [-0.4, -0.2) is 42.1 Å². The Hall–Kier alpha value is -1.70. The second-order valence-corrected chi connectivity index (χ2v) is 3.00. The summed E-state index contributed by atoms with van der Waals surface area (Å²) in [4.78, 5) is 23.0. The van der Waals surface area contributed by atoms with Crippen LogP contribution in [0.3, 0.4) is 0 Å². The van der Waals surface area contributed by atoms with Crippen LogP contribution in [0.15, 0.2) is 0 Å². The average Bonchev–Trinajstić information content (AvgIpc) is 2.17. The fourth-order valence-electron chi connectivity index (χ4n) is 0.912. The van der Waals surface area contributed by atoms with E-state index in [-0.39, 0.29) is 12.5 Å². The van der Waals surface area contributed by atoms with Gasteiger partial charge < -0.3 is 15.3 Å². The van der Waals surface area contributed by atoms with Crippen LogP contribution in [0, 0.1) is 11.8 Å². The predicted octanol–water partition coefficient (Wildman–Crippen LogP) is 0.516. The Bertz CT molecular complexity index is 278. The standard InChI is InChI=1S/C10H16N2O3/c1-3-4-7-11-10(15)12(2)8-5-6-9(13)14/h5-8H2,1-2H3,(H,11,15)(H,13,14). The second kappa shape index (κ2) is 7.68. The van der Waals surface area contributed by atoms with Gasteiger partial charge in [0.1, 0.15) is 0 Å². The minimum absolute atomic E-state index is 0.0758. The molecule has 0 bridgehead atoms. The van der Waals surface area contributed by atoms with Gasteiger partial charge >= 0.3 is 12.0 Å². The number of hydrogen-bond acceptors (Lipinski definition) is 2. The quantitative estimate of drug-likeness (QED) is 0.652. The van der Waals surface area contributed by atoms with Gasteiger partial charge in [-0.05, 0) is 13.3 Å². The lowest BCUT2D eigenvalue weighted by atomic mass is 10.3. The zero-order valence-corrected chi connectivity index (χ0v) is 9.04. The van der Waals surface area contributed by atoms with Crippen molar-refractivity contribution >= 4 is 12.0 Å². The molecule has 0 heterocycles. The number of urea groups is 1. The van der Waals surface area contributed by atoms with Crippen molar-refractivity contribution in [3.8, 4) is 11.8 Å². The number of nitrogens with zero attached hydrogens (tertiary/aromatic N) is 1. The van der Waals surface area contributed by atoms with Gasteiger partial charge in [0.2, 0.25) is 0 Å². The molecule has 0 saturated carbocycles. The first-order chi connectivity index (χ1) is 7.07. The van der Waals surface area contributed by atoms with Crippen molar-refractivity contribution in [1.82, 2.24) is 10.2 Å². The summed E-state index contributed by atoms with van der Waals surface area (Å²) < 4.78 is 0. The maximum atomic E-state index is 11.3. The SMILES string of the molecule is CC#CCNC(=O)N(C)CCCC(=O)O. The Labute approximate surface area is 89.4 Å². The van der Waals surface area contributed by atoms with Gasteiger partial charge in [0.05, 0.1) is 6.54 Å². The Morgan fingerprint density at radius 1 is 1.47 bits per heavy atom. The van der Waals surface area contributed by atoms with Gasteiger partial charge in [-0.25, -0.2) is 4.79 Å². The van der Waals surface area contributed by atoms with Crippen LogP contribution in [0.5, 0.6) is 0 Å². The topological polar surface area (TPSA) is 69.6 Å². The van der Waals surface area contributed by atoms with Crippen LogP contribution in [0.4, 0.5) is 4.79 Å². The molecule has 2 N–H and O–H groups in total. The first-order valence-electron chi connectivity index (χ1n) is 4.68. The van der Waals surface area contributed by atoms with Crippen LogP contribution >= 0.6 is 0 Å². The molecule has 5 nitrogen and oxygen atoms in total. The molecule has 0 aromatic rings. The molecule has 0 aliphatic carbocycles. The van der Waals surface area contributed by atoms with Crippen LogP contribution in [0.2, 0.25) is 0 Å². The first kappa shape index (κ1) is 13.3. The maximum absolute atomic E-state index is 11.3. The Balaban J connectivity index is 3.67. The van der Waals surface area contributed by atoms with E-state index in [1.165, 1.54) is 4.90 Å². The van der Waals surface area contributed by atoms with E-state index in [1.54, 1.807) is 14.0 Å². The molecule has 0 unspecified atom stereocenters. The summed E-state index contributed by atoms with van der Waals surface area (Å²) in [6, 6.07) is -0.233. The molecule has 0 fully saturated rings. The van der Waals surface area contributed by atoms with E-state index in [9.17, 15) is 9.59 Å². The molecule has 0 aromatic heterocycles. The normalized spacial score (nSPS) is 8.67. The molecule has 0 rings (SSSR count). The maximum Gasteiger partial charge on any atom is 0.317 e. The fraction of sp³-hybridized carbons (Fsp3) is 0.600. The van der Waals surface area contributed by atoms with Crippen LogP contribution < -0.4 is 5.32 Å². The monoisotopic (exact) mass is 212 g/mol. The number of nitrogens with one attached hydrogen (secondary N) is 1. The number of carboxylic acids is 1. The summed E-state index contributed by atoms with van der Waals surface area (Å²) in [5, 5.41) is 11.0. The summed E-state index contributed by atoms with van der Waals surface area (Å²) in [6.45, 7) is 2.44. The van der Waals surface area contributed by atoms with Crippen LogP contribution in [0.1, 0.15) is 19.8 Å². The van der Waals surface area contributed by atoms with Crippen molar-refractivity contribution in [2.75, 3.05) is 20.1 Å². The zero-order chi connectivity index (χ0) is 11.7. The third-order valence-electron chi connectivity index (χ3n) is 1.74. The highest BCUT2D eigenvalue weighted by Gasteiger charge is 2.07. The molecular formula is C10H16N2O3. The largest absolute Gasteiger partial charge is 0.481 e. The number of carbonyl (C=O) groups excluding carboxylic acids is 1. The summed E-state index contributed by atoms with van der Waals surface area (Å²) in [7, 11) is 1.62. The van der Waals surface area contributed by atoms with Gasteiger partial charge in [0.25, 0.3) is 0 Å². The van der Waals surface area contributed by atoms with Crippen molar-refractivity contribution in [1.29, 1.82) is 0 Å². The van der Waals surface area contributed by atoms with Crippen molar-refractivity contribution < 1.29 is 14.7 Å². The average molecular weight is 212 g/mol. The molecule has 0 aliphatic rings. The van der Waals surface area contributed by atoms with Crippen molar-refractivity contribution in [2.24, 2.45) is 0 Å². The van der Waals surface area contributed by atoms with E-state index in [0.29, 0.717) is 19.5 Å². The van der Waals surface area contributed by atoms with Crippen LogP contribution in [0.25, 0.3) is 0 Å². The number of carboxylic acid groups (broad SMARTS) is 1. The number of carbonyl (C=O) groups is 2. The van der Waals surface area contributed by atoms with E-state index >= 15 is 0 Å². The molecule has 0 radical (unpaired) electrons. The lowest BCUT2D eigenvalue weighted by Gasteiger charge is -2.16. The van der Waals surface area contributed by atoms with Gasteiger partial charge in [-0.3, -0.25) is 4.79 Å². The fourth-order valence-corrected chi connectivity index (χ4v) is 0.912. The van der Waals surface area contributed by atoms with Crippen LogP contribution in [-0.2, 0) is 4.79 Å². The molecule has 0 atom stereocenters. The highest BCUT2D eigenvalue weighted by atomic mass is 16.4. The zero-order valence-electron chi connectivity index (χ0n) is 9.04. The number of aliphatic carboxylic acids is 1. The summed E-state index contributed by atoms with van der Waals surface area (Å²) in [5.41, 5.74) is 0. The minimum atomic E-state index is -0.847. The predicted molar refractivity (Wildman–Crippen MR) is 56.3 cm³/mol. The van der Waals surface area contributed by atoms with Gasteiger partial charge in [-0.2, -0.15) is 0 Å². The Morgan fingerprint density at radius 3 is 2.67 bits per heavy atom. The lowest BCUT2D eigenvalue weighted by molar-refractivity contribution is -0.137. The first-order valence-corrected chi connectivity index (χ1v) is 4.68. The molecule has 2 amide bonds. The summed E-state index contributed by atoms with van der Waals surface area (Å²) in [6.07, 6.45) is 0.533. The molecule has 0 aromatic carbocycles. The molecule has 15 heavy (non-hydrogen) atoms. The Morgan fingerprint density at radius 2 is 2.13 bits per heavy atom. The van der Waals surface area contributed by atoms with Gasteiger partial charge in [-0.15, -0.1) is 5.92 Å². The second-order valence-electron chi connectivity index (χ2n) is 3.00. The molecule has 5 heteroatoms. The molecule has 0 spiro atoms. The van der Waals surface area contributed by atoms with Gasteiger partial charge in [-0.1, -0.05) is 5.92 Å². The Kier molecular flexibility index (Phi) is 6.81. The lowest BCUT2D eigenvalue weighted by Crippen LogP contribution is -2.38. The van der Waals surface area contributed by atoms with Gasteiger partial charge in [0, 0.05) is 20.0 Å². The van der Waals surface area contributed by atoms with E-state index in [4.69, 9.17) is 5.11 Å². The smallest absolute Gasteiger partial charge is 0.317 e. The highest BCUT2D eigenvalue weighted by Crippen LogP contribution is 1.93. The van der Waals surface area contributed by atoms with E-state index in [2.05, 4.69) is 17.2 Å². The number of hydrogen-bond donors (Lipinski definition) is 2. The molecule has 0 saturated heterocycles.